The Labute approximate surface area is 155 Å². The lowest BCUT2D eigenvalue weighted by atomic mass is 10.1. The minimum Gasteiger partial charge on any atom is -0.362 e. The average Bonchev–Trinajstić information content (AvgIpc) is 2.67. The van der Waals surface area contributed by atoms with E-state index in [-0.39, 0.29) is 17.3 Å². The maximum atomic E-state index is 12.6. The van der Waals surface area contributed by atoms with Crippen LogP contribution in [-0.2, 0) is 0 Å². The molecule has 2 aromatic carbocycles. The first-order valence-corrected chi connectivity index (χ1v) is 8.41. The van der Waals surface area contributed by atoms with Crippen LogP contribution < -0.4 is 4.90 Å². The van der Waals surface area contributed by atoms with Crippen LogP contribution in [0.2, 0.25) is 0 Å². The van der Waals surface area contributed by atoms with Crippen molar-refractivity contribution in [2.45, 2.75) is 6.92 Å². The van der Waals surface area contributed by atoms with E-state index in [0.29, 0.717) is 37.4 Å². The SMILES string of the molecule is Cc1cccc([N+](=O)[O-])c1N1CCN(C(=O)c2ccc([N+](=O)[O-])cc2)CC1. The molecule has 0 saturated carbocycles. The number of nitro benzene ring substituents is 2. The molecule has 0 N–H and O–H groups in total. The van der Waals surface area contributed by atoms with Crippen LogP contribution in [0.4, 0.5) is 17.1 Å². The number of carbonyl (C=O) groups is 1. The van der Waals surface area contributed by atoms with Crippen LogP contribution in [0.5, 0.6) is 0 Å². The summed E-state index contributed by atoms with van der Waals surface area (Å²) in [7, 11) is 0. The number of anilines is 1. The number of hydrogen-bond donors (Lipinski definition) is 0. The summed E-state index contributed by atoms with van der Waals surface area (Å²) in [6, 6.07) is 10.5. The van der Waals surface area contributed by atoms with Gasteiger partial charge < -0.3 is 9.80 Å². The Kier molecular flexibility index (Phi) is 5.02. The molecule has 9 nitrogen and oxygen atoms in total. The van der Waals surface area contributed by atoms with Crippen LogP contribution in [0.3, 0.4) is 0 Å². The normalized spacial score (nSPS) is 14.1. The summed E-state index contributed by atoms with van der Waals surface area (Å²) >= 11 is 0. The van der Waals surface area contributed by atoms with E-state index in [1.54, 1.807) is 11.0 Å². The van der Waals surface area contributed by atoms with E-state index in [9.17, 15) is 25.0 Å². The first-order valence-electron chi connectivity index (χ1n) is 8.41. The zero-order chi connectivity index (χ0) is 19.6. The molecule has 1 fully saturated rings. The lowest BCUT2D eigenvalue weighted by Crippen LogP contribution is -2.49. The van der Waals surface area contributed by atoms with Crippen molar-refractivity contribution in [2.24, 2.45) is 0 Å². The van der Waals surface area contributed by atoms with Crippen molar-refractivity contribution in [1.82, 2.24) is 4.90 Å². The van der Waals surface area contributed by atoms with Gasteiger partial charge in [-0.25, -0.2) is 0 Å². The van der Waals surface area contributed by atoms with E-state index >= 15 is 0 Å². The number of amides is 1. The van der Waals surface area contributed by atoms with Crippen LogP contribution in [0.15, 0.2) is 42.5 Å². The van der Waals surface area contributed by atoms with Gasteiger partial charge in [0.25, 0.3) is 17.3 Å². The molecule has 3 rings (SSSR count). The monoisotopic (exact) mass is 370 g/mol. The molecule has 1 aliphatic rings. The Morgan fingerprint density at radius 3 is 2.11 bits per heavy atom. The van der Waals surface area contributed by atoms with Crippen molar-refractivity contribution in [3.63, 3.8) is 0 Å². The number of nitrogens with zero attached hydrogens (tertiary/aromatic N) is 4. The molecule has 0 aromatic heterocycles. The van der Waals surface area contributed by atoms with Crippen LogP contribution in [0.25, 0.3) is 0 Å². The van der Waals surface area contributed by atoms with Crippen molar-refractivity contribution in [3.8, 4) is 0 Å². The Morgan fingerprint density at radius 1 is 0.926 bits per heavy atom. The van der Waals surface area contributed by atoms with E-state index < -0.39 is 9.85 Å². The Morgan fingerprint density at radius 2 is 1.56 bits per heavy atom. The van der Waals surface area contributed by atoms with Gasteiger partial charge in [0.1, 0.15) is 5.69 Å². The van der Waals surface area contributed by atoms with Crippen LogP contribution in [0.1, 0.15) is 15.9 Å². The molecular weight excluding hydrogens is 352 g/mol. The van der Waals surface area contributed by atoms with Crippen molar-refractivity contribution >= 4 is 23.0 Å². The summed E-state index contributed by atoms with van der Waals surface area (Å²) in [4.78, 5) is 37.3. The lowest BCUT2D eigenvalue weighted by Gasteiger charge is -2.36. The number of nitro groups is 2. The first kappa shape index (κ1) is 18.3. The molecule has 0 bridgehead atoms. The Balaban J connectivity index is 1.71. The summed E-state index contributed by atoms with van der Waals surface area (Å²) in [6.07, 6.45) is 0. The number of aryl methyl sites for hydroxylation is 1. The summed E-state index contributed by atoms with van der Waals surface area (Å²) < 4.78 is 0. The summed E-state index contributed by atoms with van der Waals surface area (Å²) in [5, 5.41) is 22.0. The molecule has 1 saturated heterocycles. The Bertz CT molecular complexity index is 889. The van der Waals surface area contributed by atoms with E-state index in [1.165, 1.54) is 30.3 Å². The van der Waals surface area contributed by atoms with Gasteiger partial charge in [-0.15, -0.1) is 0 Å². The maximum Gasteiger partial charge on any atom is 0.292 e. The molecular formula is C18H18N4O5. The third kappa shape index (κ3) is 3.71. The third-order valence-corrected chi connectivity index (χ3v) is 4.62. The van der Waals surface area contributed by atoms with E-state index in [1.807, 2.05) is 17.9 Å². The molecule has 0 atom stereocenters. The number of hydrogen-bond acceptors (Lipinski definition) is 6. The van der Waals surface area contributed by atoms with Gasteiger partial charge in [0.15, 0.2) is 0 Å². The quantitative estimate of drug-likeness (QED) is 0.604. The predicted octanol–water partition coefficient (Wildman–Crippen LogP) is 2.77. The van der Waals surface area contributed by atoms with E-state index in [0.717, 1.165) is 5.56 Å². The van der Waals surface area contributed by atoms with Gasteiger partial charge in [0, 0.05) is 49.9 Å². The second-order valence-electron chi connectivity index (χ2n) is 6.28. The summed E-state index contributed by atoms with van der Waals surface area (Å²) in [5.41, 5.74) is 1.79. The van der Waals surface area contributed by atoms with Gasteiger partial charge in [-0.05, 0) is 24.6 Å². The van der Waals surface area contributed by atoms with E-state index in [2.05, 4.69) is 0 Å². The number of rotatable bonds is 4. The summed E-state index contributed by atoms with van der Waals surface area (Å²) in [6.45, 7) is 3.62. The van der Waals surface area contributed by atoms with Crippen LogP contribution in [-0.4, -0.2) is 46.8 Å². The molecule has 0 radical (unpaired) electrons. The highest BCUT2D eigenvalue weighted by Gasteiger charge is 2.27. The fourth-order valence-corrected chi connectivity index (χ4v) is 3.24. The highest BCUT2D eigenvalue weighted by atomic mass is 16.6. The molecule has 27 heavy (non-hydrogen) atoms. The lowest BCUT2D eigenvalue weighted by molar-refractivity contribution is -0.384. The average molecular weight is 370 g/mol. The molecule has 0 spiro atoms. The highest BCUT2D eigenvalue weighted by molar-refractivity contribution is 5.94. The summed E-state index contributed by atoms with van der Waals surface area (Å²) in [5.74, 6) is -0.205. The molecule has 1 heterocycles. The van der Waals surface area contributed by atoms with Gasteiger partial charge in [-0.1, -0.05) is 12.1 Å². The number of para-hydroxylation sites is 1. The standard InChI is InChI=1S/C18H18N4O5/c1-13-3-2-4-16(22(26)27)17(13)19-9-11-20(12-10-19)18(23)14-5-7-15(8-6-14)21(24)25/h2-8H,9-12H2,1H3. The maximum absolute atomic E-state index is 12.6. The van der Waals surface area contributed by atoms with Gasteiger partial charge in [-0.3, -0.25) is 25.0 Å². The minimum atomic E-state index is -0.512. The van der Waals surface area contributed by atoms with Gasteiger partial charge in [0.05, 0.1) is 9.85 Å². The van der Waals surface area contributed by atoms with Gasteiger partial charge in [-0.2, -0.15) is 0 Å². The highest BCUT2D eigenvalue weighted by Crippen LogP contribution is 2.32. The van der Waals surface area contributed by atoms with Crippen molar-refractivity contribution in [3.05, 3.63) is 73.8 Å². The number of carbonyl (C=O) groups excluding carboxylic acids is 1. The molecule has 1 aliphatic heterocycles. The van der Waals surface area contributed by atoms with Gasteiger partial charge >= 0.3 is 0 Å². The molecule has 0 aliphatic carbocycles. The fraction of sp³-hybridized carbons (Fsp3) is 0.278. The van der Waals surface area contributed by atoms with Gasteiger partial charge in [0.2, 0.25) is 0 Å². The number of piperazine rings is 1. The smallest absolute Gasteiger partial charge is 0.292 e. The zero-order valence-electron chi connectivity index (χ0n) is 14.7. The third-order valence-electron chi connectivity index (χ3n) is 4.62. The van der Waals surface area contributed by atoms with Crippen LogP contribution >= 0.6 is 0 Å². The number of non-ortho nitro benzene ring substituents is 1. The minimum absolute atomic E-state index is 0.0603. The van der Waals surface area contributed by atoms with Crippen molar-refractivity contribution in [1.29, 1.82) is 0 Å². The topological polar surface area (TPSA) is 110 Å². The molecule has 0 unspecified atom stereocenters. The molecule has 140 valence electrons. The number of benzene rings is 2. The van der Waals surface area contributed by atoms with E-state index in [4.69, 9.17) is 0 Å². The zero-order valence-corrected chi connectivity index (χ0v) is 14.7. The van der Waals surface area contributed by atoms with Crippen molar-refractivity contribution in [2.75, 3.05) is 31.1 Å². The first-order chi connectivity index (χ1) is 12.9. The van der Waals surface area contributed by atoms with Crippen molar-refractivity contribution < 1.29 is 14.6 Å². The fourth-order valence-electron chi connectivity index (χ4n) is 3.24. The van der Waals surface area contributed by atoms with Crippen LogP contribution in [0, 0.1) is 27.2 Å². The second-order valence-corrected chi connectivity index (χ2v) is 6.28. The Hall–Kier alpha value is -3.49. The molecule has 9 heteroatoms. The predicted molar refractivity (Wildman–Crippen MR) is 99.0 cm³/mol. The second kappa shape index (κ2) is 7.40. The molecule has 1 amide bonds. The molecule has 2 aromatic rings. The largest absolute Gasteiger partial charge is 0.362 e.